The summed E-state index contributed by atoms with van der Waals surface area (Å²) >= 11 is 0. The summed E-state index contributed by atoms with van der Waals surface area (Å²) in [5.74, 6) is 0.828. The van der Waals surface area contributed by atoms with Crippen LogP contribution in [0.4, 0.5) is 4.79 Å². The van der Waals surface area contributed by atoms with Crippen LogP contribution in [-0.4, -0.2) is 24.7 Å². The molecular formula is C16H19N3O2. The number of urea groups is 1. The first kappa shape index (κ1) is 14.8. The fraction of sp³-hybridized carbons (Fsp3) is 0.250. The van der Waals surface area contributed by atoms with E-state index >= 15 is 0 Å². The number of aromatic nitrogens is 1. The van der Waals surface area contributed by atoms with Crippen molar-refractivity contribution in [2.24, 2.45) is 0 Å². The van der Waals surface area contributed by atoms with Gasteiger partial charge in [0.2, 0.25) is 0 Å². The van der Waals surface area contributed by atoms with Crippen LogP contribution in [0, 0.1) is 0 Å². The Morgan fingerprint density at radius 1 is 1.14 bits per heavy atom. The highest BCUT2D eigenvalue weighted by Gasteiger charge is 2.01. The van der Waals surface area contributed by atoms with Gasteiger partial charge in [-0.3, -0.25) is 4.98 Å². The zero-order valence-electron chi connectivity index (χ0n) is 12.0. The van der Waals surface area contributed by atoms with E-state index in [1.54, 1.807) is 19.5 Å². The highest BCUT2D eigenvalue weighted by atomic mass is 16.5. The van der Waals surface area contributed by atoms with Crippen LogP contribution in [0.25, 0.3) is 0 Å². The van der Waals surface area contributed by atoms with Crippen LogP contribution in [0.3, 0.4) is 0 Å². The third-order valence-corrected chi connectivity index (χ3v) is 3.04. The van der Waals surface area contributed by atoms with Gasteiger partial charge in [0.05, 0.1) is 7.11 Å². The number of hydrogen-bond donors (Lipinski definition) is 2. The zero-order valence-corrected chi connectivity index (χ0v) is 12.0. The van der Waals surface area contributed by atoms with E-state index in [1.807, 2.05) is 36.4 Å². The Labute approximate surface area is 124 Å². The van der Waals surface area contributed by atoms with Gasteiger partial charge in [-0.05, 0) is 41.8 Å². The lowest BCUT2D eigenvalue weighted by Crippen LogP contribution is -2.36. The lowest BCUT2D eigenvalue weighted by molar-refractivity contribution is 0.240. The number of methoxy groups -OCH3 is 1. The number of benzene rings is 1. The number of carbonyl (C=O) groups excluding carboxylic acids is 1. The maximum atomic E-state index is 11.7. The van der Waals surface area contributed by atoms with Crippen LogP contribution in [0.1, 0.15) is 11.1 Å². The molecule has 0 bridgehead atoms. The standard InChI is InChI=1S/C16H19N3O2/c1-21-15-4-2-3-13(11-15)7-10-18-16(20)19-12-14-5-8-17-9-6-14/h2-6,8-9,11H,7,10,12H2,1H3,(H2,18,19,20). The minimum Gasteiger partial charge on any atom is -0.497 e. The average Bonchev–Trinajstić information content (AvgIpc) is 2.54. The molecule has 0 aliphatic heterocycles. The molecule has 0 unspecified atom stereocenters. The second kappa shape index (κ2) is 7.89. The summed E-state index contributed by atoms with van der Waals surface area (Å²) in [6.07, 6.45) is 4.18. The van der Waals surface area contributed by atoms with Crippen molar-refractivity contribution >= 4 is 6.03 Å². The van der Waals surface area contributed by atoms with E-state index in [4.69, 9.17) is 4.74 Å². The summed E-state index contributed by atoms with van der Waals surface area (Å²) in [4.78, 5) is 15.6. The Morgan fingerprint density at radius 3 is 2.71 bits per heavy atom. The molecule has 0 aliphatic carbocycles. The molecule has 0 aliphatic rings. The molecule has 110 valence electrons. The van der Waals surface area contributed by atoms with Crippen LogP contribution in [0.15, 0.2) is 48.8 Å². The first-order valence-corrected chi connectivity index (χ1v) is 6.81. The number of amides is 2. The second-order valence-electron chi connectivity index (χ2n) is 4.57. The van der Waals surface area contributed by atoms with E-state index in [1.165, 1.54) is 0 Å². The number of carbonyl (C=O) groups is 1. The van der Waals surface area contributed by atoms with Gasteiger partial charge in [-0.25, -0.2) is 4.79 Å². The van der Waals surface area contributed by atoms with Gasteiger partial charge in [0, 0.05) is 25.5 Å². The maximum Gasteiger partial charge on any atom is 0.315 e. The van der Waals surface area contributed by atoms with Crippen LogP contribution in [0.5, 0.6) is 5.75 Å². The number of hydrogen-bond acceptors (Lipinski definition) is 3. The fourth-order valence-electron chi connectivity index (χ4n) is 1.89. The first-order chi connectivity index (χ1) is 10.3. The van der Waals surface area contributed by atoms with Gasteiger partial charge in [0.15, 0.2) is 0 Å². The van der Waals surface area contributed by atoms with Gasteiger partial charge in [-0.2, -0.15) is 0 Å². The minimum absolute atomic E-state index is 0.172. The van der Waals surface area contributed by atoms with Gasteiger partial charge < -0.3 is 15.4 Å². The van der Waals surface area contributed by atoms with Gasteiger partial charge >= 0.3 is 6.03 Å². The van der Waals surface area contributed by atoms with E-state index in [0.717, 1.165) is 23.3 Å². The van der Waals surface area contributed by atoms with Crippen molar-refractivity contribution in [1.82, 2.24) is 15.6 Å². The molecule has 0 saturated heterocycles. The highest BCUT2D eigenvalue weighted by molar-refractivity contribution is 5.73. The lowest BCUT2D eigenvalue weighted by Gasteiger charge is -2.08. The van der Waals surface area contributed by atoms with Crippen molar-refractivity contribution in [2.75, 3.05) is 13.7 Å². The van der Waals surface area contributed by atoms with E-state index in [0.29, 0.717) is 13.1 Å². The van der Waals surface area contributed by atoms with Crippen molar-refractivity contribution in [3.05, 3.63) is 59.9 Å². The van der Waals surface area contributed by atoms with E-state index in [-0.39, 0.29) is 6.03 Å². The molecule has 0 saturated carbocycles. The first-order valence-electron chi connectivity index (χ1n) is 6.81. The van der Waals surface area contributed by atoms with Crippen molar-refractivity contribution in [3.63, 3.8) is 0 Å². The average molecular weight is 285 g/mol. The topological polar surface area (TPSA) is 63.2 Å². The summed E-state index contributed by atoms with van der Waals surface area (Å²) in [6, 6.07) is 11.4. The molecule has 1 heterocycles. The number of rotatable bonds is 6. The Morgan fingerprint density at radius 2 is 1.95 bits per heavy atom. The van der Waals surface area contributed by atoms with E-state index in [2.05, 4.69) is 15.6 Å². The molecule has 0 atom stereocenters. The Bertz CT molecular complexity index is 573. The zero-order chi connectivity index (χ0) is 14.9. The predicted molar refractivity (Wildman–Crippen MR) is 81.2 cm³/mol. The van der Waals surface area contributed by atoms with Gasteiger partial charge in [0.1, 0.15) is 5.75 Å². The number of nitrogens with one attached hydrogen (secondary N) is 2. The minimum atomic E-state index is -0.172. The molecule has 21 heavy (non-hydrogen) atoms. The monoisotopic (exact) mass is 285 g/mol. The van der Waals surface area contributed by atoms with Crippen LogP contribution in [0.2, 0.25) is 0 Å². The van der Waals surface area contributed by atoms with Gasteiger partial charge in [0.25, 0.3) is 0 Å². The summed E-state index contributed by atoms with van der Waals surface area (Å²) in [5.41, 5.74) is 2.15. The third-order valence-electron chi connectivity index (χ3n) is 3.04. The number of nitrogens with zero attached hydrogens (tertiary/aromatic N) is 1. The van der Waals surface area contributed by atoms with Gasteiger partial charge in [-0.1, -0.05) is 12.1 Å². The molecule has 0 spiro atoms. The molecule has 5 nitrogen and oxygen atoms in total. The van der Waals surface area contributed by atoms with Crippen LogP contribution in [-0.2, 0) is 13.0 Å². The van der Waals surface area contributed by atoms with Crippen molar-refractivity contribution in [1.29, 1.82) is 0 Å². The van der Waals surface area contributed by atoms with Gasteiger partial charge in [-0.15, -0.1) is 0 Å². The molecule has 0 fully saturated rings. The molecule has 2 rings (SSSR count). The number of pyridine rings is 1. The van der Waals surface area contributed by atoms with Crippen LogP contribution < -0.4 is 15.4 Å². The van der Waals surface area contributed by atoms with Crippen molar-refractivity contribution in [3.8, 4) is 5.75 Å². The molecular weight excluding hydrogens is 266 g/mol. The molecule has 1 aromatic heterocycles. The molecule has 5 heteroatoms. The Balaban J connectivity index is 1.69. The van der Waals surface area contributed by atoms with Crippen molar-refractivity contribution in [2.45, 2.75) is 13.0 Å². The molecule has 1 aromatic carbocycles. The maximum absolute atomic E-state index is 11.7. The van der Waals surface area contributed by atoms with Crippen molar-refractivity contribution < 1.29 is 9.53 Å². The predicted octanol–water partition coefficient (Wildman–Crippen LogP) is 2.13. The largest absolute Gasteiger partial charge is 0.497 e. The molecule has 0 radical (unpaired) electrons. The summed E-state index contributed by atoms with van der Waals surface area (Å²) in [5, 5.41) is 5.64. The summed E-state index contributed by atoms with van der Waals surface area (Å²) in [7, 11) is 1.64. The molecule has 2 N–H and O–H groups in total. The Kier molecular flexibility index (Phi) is 5.58. The third kappa shape index (κ3) is 5.14. The number of ether oxygens (including phenoxy) is 1. The van der Waals surface area contributed by atoms with E-state index < -0.39 is 0 Å². The summed E-state index contributed by atoms with van der Waals surface area (Å²) in [6.45, 7) is 1.07. The smallest absolute Gasteiger partial charge is 0.315 e. The quantitative estimate of drug-likeness (QED) is 0.854. The second-order valence-corrected chi connectivity index (χ2v) is 4.57. The fourth-order valence-corrected chi connectivity index (χ4v) is 1.89. The normalized spacial score (nSPS) is 9.95. The molecule has 2 aromatic rings. The highest BCUT2D eigenvalue weighted by Crippen LogP contribution is 2.12. The van der Waals surface area contributed by atoms with Crippen LogP contribution >= 0.6 is 0 Å². The Hall–Kier alpha value is -2.56. The lowest BCUT2D eigenvalue weighted by atomic mass is 10.1. The SMILES string of the molecule is COc1cccc(CCNC(=O)NCc2ccncc2)c1. The van der Waals surface area contributed by atoms with E-state index in [9.17, 15) is 4.79 Å². The molecule has 2 amide bonds. The summed E-state index contributed by atoms with van der Waals surface area (Å²) < 4.78 is 5.17.